The van der Waals surface area contributed by atoms with Gasteiger partial charge in [-0.3, -0.25) is 4.79 Å². The maximum Gasteiger partial charge on any atom is 0.309 e. The molecule has 0 aromatic heterocycles. The summed E-state index contributed by atoms with van der Waals surface area (Å²) in [6, 6.07) is 6.54. The highest BCUT2D eigenvalue weighted by Crippen LogP contribution is 2.27. The second-order valence-corrected chi connectivity index (χ2v) is 4.00. The highest BCUT2D eigenvalue weighted by atomic mass is 79.9. The van der Waals surface area contributed by atoms with E-state index in [1.807, 2.05) is 0 Å². The Morgan fingerprint density at radius 1 is 1.43 bits per heavy atom. The van der Waals surface area contributed by atoms with E-state index in [1.165, 1.54) is 6.92 Å². The summed E-state index contributed by atoms with van der Waals surface area (Å²) < 4.78 is 14.4. The van der Waals surface area contributed by atoms with Crippen LogP contribution in [0, 0.1) is 5.92 Å². The van der Waals surface area contributed by atoms with E-state index in [1.54, 1.807) is 24.3 Å². The standard InChI is InChI=1S/C10H10BrFO2/c1-6(10(13)14)9(12)7-2-4-8(11)5-3-7/h2-6,9H,1H3,(H,13,14). The van der Waals surface area contributed by atoms with Crippen LogP contribution in [0.1, 0.15) is 18.7 Å². The lowest BCUT2D eigenvalue weighted by molar-refractivity contribution is -0.143. The molecule has 0 radical (unpaired) electrons. The van der Waals surface area contributed by atoms with Crippen LogP contribution < -0.4 is 0 Å². The van der Waals surface area contributed by atoms with Crippen LogP contribution in [0.15, 0.2) is 28.7 Å². The van der Waals surface area contributed by atoms with Crippen LogP contribution in [0.2, 0.25) is 0 Å². The van der Waals surface area contributed by atoms with Gasteiger partial charge in [0.15, 0.2) is 0 Å². The number of halogens is 2. The van der Waals surface area contributed by atoms with Gasteiger partial charge >= 0.3 is 5.97 Å². The Bertz CT molecular complexity index is 323. The van der Waals surface area contributed by atoms with Crippen molar-refractivity contribution in [2.45, 2.75) is 13.1 Å². The fourth-order valence-electron chi connectivity index (χ4n) is 1.06. The van der Waals surface area contributed by atoms with Gasteiger partial charge < -0.3 is 5.11 Å². The average Bonchev–Trinajstić information content (AvgIpc) is 2.16. The van der Waals surface area contributed by atoms with Gasteiger partial charge in [0.2, 0.25) is 0 Å². The monoisotopic (exact) mass is 260 g/mol. The molecule has 0 saturated heterocycles. The summed E-state index contributed by atoms with van der Waals surface area (Å²) in [5.41, 5.74) is 0.392. The van der Waals surface area contributed by atoms with Crippen LogP contribution >= 0.6 is 15.9 Å². The van der Waals surface area contributed by atoms with Crippen molar-refractivity contribution in [2.75, 3.05) is 0 Å². The first-order valence-corrected chi connectivity index (χ1v) is 4.94. The fraction of sp³-hybridized carbons (Fsp3) is 0.300. The van der Waals surface area contributed by atoms with Crippen LogP contribution in [0.4, 0.5) is 4.39 Å². The highest BCUT2D eigenvalue weighted by Gasteiger charge is 2.24. The minimum absolute atomic E-state index is 0.392. The third-order valence-electron chi connectivity index (χ3n) is 2.02. The lowest BCUT2D eigenvalue weighted by Gasteiger charge is -2.12. The number of hydrogen-bond donors (Lipinski definition) is 1. The number of alkyl halides is 1. The quantitative estimate of drug-likeness (QED) is 0.907. The van der Waals surface area contributed by atoms with Crippen molar-refractivity contribution in [3.8, 4) is 0 Å². The van der Waals surface area contributed by atoms with Gasteiger partial charge in [-0.2, -0.15) is 0 Å². The van der Waals surface area contributed by atoms with Gasteiger partial charge in [-0.05, 0) is 24.6 Å². The van der Waals surface area contributed by atoms with Crippen molar-refractivity contribution < 1.29 is 14.3 Å². The van der Waals surface area contributed by atoms with E-state index in [0.29, 0.717) is 5.56 Å². The zero-order valence-corrected chi connectivity index (χ0v) is 9.16. The average molecular weight is 261 g/mol. The Hall–Kier alpha value is -0.900. The van der Waals surface area contributed by atoms with E-state index in [2.05, 4.69) is 15.9 Å². The molecule has 0 spiro atoms. The normalized spacial score (nSPS) is 14.8. The van der Waals surface area contributed by atoms with E-state index in [9.17, 15) is 9.18 Å². The summed E-state index contributed by atoms with van der Waals surface area (Å²) in [5.74, 6) is -2.14. The zero-order chi connectivity index (χ0) is 10.7. The highest BCUT2D eigenvalue weighted by molar-refractivity contribution is 9.10. The van der Waals surface area contributed by atoms with Crippen LogP contribution in [-0.4, -0.2) is 11.1 Å². The summed E-state index contributed by atoms with van der Waals surface area (Å²) in [6.45, 7) is 1.36. The molecule has 0 aliphatic heterocycles. The Morgan fingerprint density at radius 3 is 2.36 bits per heavy atom. The van der Waals surface area contributed by atoms with E-state index in [4.69, 9.17) is 5.11 Å². The van der Waals surface area contributed by atoms with Gasteiger partial charge in [-0.25, -0.2) is 4.39 Å². The topological polar surface area (TPSA) is 37.3 Å². The first kappa shape index (κ1) is 11.2. The van der Waals surface area contributed by atoms with Crippen LogP contribution in [0.3, 0.4) is 0 Å². The smallest absolute Gasteiger partial charge is 0.309 e. The van der Waals surface area contributed by atoms with Gasteiger partial charge in [0.05, 0.1) is 5.92 Å². The number of carbonyl (C=O) groups is 1. The van der Waals surface area contributed by atoms with Crippen LogP contribution in [-0.2, 0) is 4.79 Å². The predicted octanol–water partition coefficient (Wildman–Crippen LogP) is 3.18. The molecule has 76 valence electrons. The number of carboxylic acids is 1. The van der Waals surface area contributed by atoms with Gasteiger partial charge in [-0.15, -0.1) is 0 Å². The number of rotatable bonds is 3. The Morgan fingerprint density at radius 2 is 1.93 bits per heavy atom. The molecule has 4 heteroatoms. The van der Waals surface area contributed by atoms with Gasteiger partial charge in [-0.1, -0.05) is 28.1 Å². The molecule has 14 heavy (non-hydrogen) atoms. The Balaban J connectivity index is 2.84. The van der Waals surface area contributed by atoms with E-state index < -0.39 is 18.1 Å². The molecular formula is C10H10BrFO2. The summed E-state index contributed by atoms with van der Waals surface area (Å²) in [7, 11) is 0. The number of hydrogen-bond acceptors (Lipinski definition) is 1. The second kappa shape index (κ2) is 4.55. The molecule has 0 fully saturated rings. The van der Waals surface area contributed by atoms with Crippen molar-refractivity contribution in [1.29, 1.82) is 0 Å². The summed E-state index contributed by atoms with van der Waals surface area (Å²) in [5, 5.41) is 8.62. The zero-order valence-electron chi connectivity index (χ0n) is 7.58. The SMILES string of the molecule is CC(C(=O)O)C(F)c1ccc(Br)cc1. The fourth-order valence-corrected chi connectivity index (χ4v) is 1.32. The molecule has 0 amide bonds. The molecule has 2 atom stereocenters. The molecule has 2 unspecified atom stereocenters. The van der Waals surface area contributed by atoms with Gasteiger partial charge in [0.25, 0.3) is 0 Å². The van der Waals surface area contributed by atoms with Crippen molar-refractivity contribution in [2.24, 2.45) is 5.92 Å². The minimum Gasteiger partial charge on any atom is -0.481 e. The maximum atomic E-state index is 13.5. The minimum atomic E-state index is -1.46. The molecule has 1 aromatic carbocycles. The molecule has 0 aliphatic carbocycles. The van der Waals surface area contributed by atoms with Gasteiger partial charge in [0.1, 0.15) is 6.17 Å². The van der Waals surface area contributed by atoms with Crippen molar-refractivity contribution in [3.05, 3.63) is 34.3 Å². The molecule has 2 nitrogen and oxygen atoms in total. The molecule has 1 N–H and O–H groups in total. The van der Waals surface area contributed by atoms with Gasteiger partial charge in [0, 0.05) is 4.47 Å². The summed E-state index contributed by atoms with van der Waals surface area (Å²) in [4.78, 5) is 10.5. The summed E-state index contributed by atoms with van der Waals surface area (Å²) in [6.07, 6.45) is -1.46. The molecule has 1 aromatic rings. The second-order valence-electron chi connectivity index (χ2n) is 3.08. The lowest BCUT2D eigenvalue weighted by Crippen LogP contribution is -2.15. The molecular weight excluding hydrogens is 251 g/mol. The Labute approximate surface area is 89.9 Å². The summed E-state index contributed by atoms with van der Waals surface area (Å²) >= 11 is 3.22. The first-order valence-electron chi connectivity index (χ1n) is 4.14. The number of carboxylic acid groups (broad SMARTS) is 1. The molecule has 0 aliphatic rings. The molecule has 1 rings (SSSR count). The molecule has 0 bridgehead atoms. The van der Waals surface area contributed by atoms with Crippen LogP contribution in [0.5, 0.6) is 0 Å². The Kier molecular flexibility index (Phi) is 3.63. The molecule has 0 saturated carbocycles. The number of benzene rings is 1. The first-order chi connectivity index (χ1) is 6.52. The van der Waals surface area contributed by atoms with Crippen molar-refractivity contribution in [1.82, 2.24) is 0 Å². The predicted molar refractivity (Wildman–Crippen MR) is 54.8 cm³/mol. The number of aliphatic carboxylic acids is 1. The van der Waals surface area contributed by atoms with Crippen LogP contribution in [0.25, 0.3) is 0 Å². The third kappa shape index (κ3) is 2.54. The van der Waals surface area contributed by atoms with E-state index in [-0.39, 0.29) is 0 Å². The molecule has 0 heterocycles. The largest absolute Gasteiger partial charge is 0.481 e. The van der Waals surface area contributed by atoms with Crippen molar-refractivity contribution in [3.63, 3.8) is 0 Å². The van der Waals surface area contributed by atoms with Crippen molar-refractivity contribution >= 4 is 21.9 Å². The van der Waals surface area contributed by atoms with E-state index >= 15 is 0 Å². The maximum absolute atomic E-state index is 13.5. The third-order valence-corrected chi connectivity index (χ3v) is 2.55. The van der Waals surface area contributed by atoms with E-state index in [0.717, 1.165) is 4.47 Å². The lowest BCUT2D eigenvalue weighted by atomic mass is 9.99.